The lowest BCUT2D eigenvalue weighted by Gasteiger charge is -2.15. The number of ether oxygens (including phenoxy) is 1. The summed E-state index contributed by atoms with van der Waals surface area (Å²) in [6, 6.07) is 0. The van der Waals surface area contributed by atoms with E-state index in [1.807, 2.05) is 0 Å². The Morgan fingerprint density at radius 3 is 2.89 bits per heavy atom. The lowest BCUT2D eigenvalue weighted by molar-refractivity contribution is -0.140. The van der Waals surface area contributed by atoms with Crippen LogP contribution in [0.1, 0.15) is 37.9 Å². The van der Waals surface area contributed by atoms with Gasteiger partial charge in [0.1, 0.15) is 0 Å². The molecule has 1 aromatic rings. The van der Waals surface area contributed by atoms with Crippen molar-refractivity contribution in [2.75, 3.05) is 7.11 Å². The molecular weight excluding hydrogens is 236 g/mol. The van der Waals surface area contributed by atoms with Gasteiger partial charge in [-0.1, -0.05) is 6.92 Å². The zero-order valence-corrected chi connectivity index (χ0v) is 10.6. The summed E-state index contributed by atoms with van der Waals surface area (Å²) in [5.74, 6) is 0.925. The van der Waals surface area contributed by atoms with Gasteiger partial charge in [0, 0.05) is 13.0 Å². The minimum atomic E-state index is -0.883. The third kappa shape index (κ3) is 3.04. The van der Waals surface area contributed by atoms with Crippen LogP contribution in [0.25, 0.3) is 0 Å². The van der Waals surface area contributed by atoms with E-state index in [9.17, 15) is 4.79 Å². The summed E-state index contributed by atoms with van der Waals surface area (Å²) in [5.41, 5.74) is 0. The van der Waals surface area contributed by atoms with Crippen molar-refractivity contribution in [3.05, 3.63) is 5.82 Å². The fourth-order valence-corrected chi connectivity index (χ4v) is 2.08. The van der Waals surface area contributed by atoms with Crippen molar-refractivity contribution < 1.29 is 14.6 Å². The Balaban J connectivity index is 2.03. The van der Waals surface area contributed by atoms with Crippen molar-refractivity contribution in [1.29, 1.82) is 0 Å². The molecule has 1 aliphatic rings. The van der Waals surface area contributed by atoms with Crippen molar-refractivity contribution >= 4 is 5.97 Å². The van der Waals surface area contributed by atoms with Crippen LogP contribution in [0, 0.1) is 5.92 Å². The maximum atomic E-state index is 10.7. The Kier molecular flexibility index (Phi) is 3.90. The molecule has 0 amide bonds. The number of methoxy groups -OCH3 is 1. The maximum Gasteiger partial charge on any atom is 0.306 e. The molecule has 18 heavy (non-hydrogen) atoms. The SMILES string of the molecule is COC(CC(=O)O)Cn1nnnc1C(C)C1CC1. The van der Waals surface area contributed by atoms with Gasteiger partial charge in [-0.25, -0.2) is 4.68 Å². The van der Waals surface area contributed by atoms with Crippen LogP contribution >= 0.6 is 0 Å². The van der Waals surface area contributed by atoms with E-state index < -0.39 is 12.1 Å². The summed E-state index contributed by atoms with van der Waals surface area (Å²) in [6.45, 7) is 2.49. The number of hydrogen-bond donors (Lipinski definition) is 1. The van der Waals surface area contributed by atoms with Gasteiger partial charge >= 0.3 is 5.97 Å². The number of tetrazole rings is 1. The number of nitrogens with zero attached hydrogens (tertiary/aromatic N) is 4. The van der Waals surface area contributed by atoms with Gasteiger partial charge in [-0.3, -0.25) is 4.79 Å². The molecule has 1 heterocycles. The van der Waals surface area contributed by atoms with E-state index in [0.717, 1.165) is 5.82 Å². The molecule has 0 bridgehead atoms. The molecule has 0 spiro atoms. The minimum absolute atomic E-state index is 0.0480. The molecular formula is C11H18N4O3. The Morgan fingerprint density at radius 2 is 2.33 bits per heavy atom. The lowest BCUT2D eigenvalue weighted by Crippen LogP contribution is -2.24. The molecule has 0 saturated heterocycles. The van der Waals surface area contributed by atoms with Crippen molar-refractivity contribution in [1.82, 2.24) is 20.2 Å². The van der Waals surface area contributed by atoms with Crippen molar-refractivity contribution in [3.63, 3.8) is 0 Å². The molecule has 0 radical (unpaired) electrons. The molecule has 7 nitrogen and oxygen atoms in total. The average Bonchev–Trinajstić information content (AvgIpc) is 3.07. The number of rotatable bonds is 7. The first-order valence-corrected chi connectivity index (χ1v) is 6.12. The number of hydrogen-bond acceptors (Lipinski definition) is 5. The van der Waals surface area contributed by atoms with E-state index >= 15 is 0 Å². The number of aromatic nitrogens is 4. The van der Waals surface area contributed by atoms with Gasteiger partial charge in [-0.2, -0.15) is 0 Å². The third-order valence-corrected chi connectivity index (χ3v) is 3.41. The molecule has 1 fully saturated rings. The minimum Gasteiger partial charge on any atom is -0.481 e. The van der Waals surface area contributed by atoms with Crippen LogP contribution in [-0.2, 0) is 16.1 Å². The van der Waals surface area contributed by atoms with Gasteiger partial charge in [0.25, 0.3) is 0 Å². The van der Waals surface area contributed by atoms with E-state index in [1.54, 1.807) is 4.68 Å². The van der Waals surface area contributed by atoms with Gasteiger partial charge in [-0.05, 0) is 29.2 Å². The molecule has 1 aromatic heterocycles. The van der Waals surface area contributed by atoms with Crippen molar-refractivity contribution in [3.8, 4) is 0 Å². The van der Waals surface area contributed by atoms with Gasteiger partial charge in [0.15, 0.2) is 5.82 Å². The lowest BCUT2D eigenvalue weighted by atomic mass is 10.1. The van der Waals surface area contributed by atoms with E-state index in [-0.39, 0.29) is 6.42 Å². The molecule has 2 rings (SSSR count). The Labute approximate surface area is 105 Å². The molecule has 2 atom stereocenters. The Bertz CT molecular complexity index is 416. The average molecular weight is 254 g/mol. The predicted molar refractivity (Wildman–Crippen MR) is 62.0 cm³/mol. The second-order valence-corrected chi connectivity index (χ2v) is 4.80. The predicted octanol–water partition coefficient (Wildman–Crippen LogP) is 0.676. The Hall–Kier alpha value is -1.50. The van der Waals surface area contributed by atoms with E-state index in [4.69, 9.17) is 9.84 Å². The summed E-state index contributed by atoms with van der Waals surface area (Å²) >= 11 is 0. The molecule has 2 unspecified atom stereocenters. The van der Waals surface area contributed by atoms with Crippen molar-refractivity contribution in [2.45, 2.75) is 44.8 Å². The normalized spacial score (nSPS) is 18.6. The first-order valence-electron chi connectivity index (χ1n) is 6.12. The maximum absolute atomic E-state index is 10.7. The highest BCUT2D eigenvalue weighted by Gasteiger charge is 2.32. The standard InChI is InChI=1S/C11H18N4O3/c1-7(8-3-4-8)11-12-13-14-15(11)6-9(18-2)5-10(16)17/h7-9H,3-6H2,1-2H3,(H,16,17). The van der Waals surface area contributed by atoms with Crippen LogP contribution in [0.2, 0.25) is 0 Å². The highest BCUT2D eigenvalue weighted by molar-refractivity contribution is 5.67. The molecule has 1 aliphatic carbocycles. The summed E-state index contributed by atoms with van der Waals surface area (Å²) in [4.78, 5) is 10.7. The molecule has 7 heteroatoms. The number of carbonyl (C=O) groups is 1. The van der Waals surface area contributed by atoms with Gasteiger partial charge in [0.05, 0.1) is 19.1 Å². The summed E-state index contributed by atoms with van der Waals surface area (Å²) < 4.78 is 6.81. The highest BCUT2D eigenvalue weighted by Crippen LogP contribution is 2.41. The van der Waals surface area contributed by atoms with E-state index in [1.165, 1.54) is 20.0 Å². The second-order valence-electron chi connectivity index (χ2n) is 4.80. The zero-order valence-electron chi connectivity index (χ0n) is 10.6. The molecule has 0 aliphatic heterocycles. The quantitative estimate of drug-likeness (QED) is 0.769. The number of aliphatic carboxylic acids is 1. The smallest absolute Gasteiger partial charge is 0.306 e. The summed E-state index contributed by atoms with van der Waals surface area (Å²) in [7, 11) is 1.50. The second kappa shape index (κ2) is 5.43. The molecule has 100 valence electrons. The topological polar surface area (TPSA) is 90.1 Å². The van der Waals surface area contributed by atoms with Crippen LogP contribution in [0.3, 0.4) is 0 Å². The fraction of sp³-hybridized carbons (Fsp3) is 0.818. The zero-order chi connectivity index (χ0) is 13.1. The fourth-order valence-electron chi connectivity index (χ4n) is 2.08. The highest BCUT2D eigenvalue weighted by atomic mass is 16.5. The summed E-state index contributed by atoms with van der Waals surface area (Å²) in [5, 5.41) is 20.4. The van der Waals surface area contributed by atoms with Crippen LogP contribution < -0.4 is 0 Å². The number of carboxylic acids is 1. The first-order chi connectivity index (χ1) is 8.61. The van der Waals surface area contributed by atoms with Crippen LogP contribution in [-0.4, -0.2) is 44.5 Å². The van der Waals surface area contributed by atoms with Crippen LogP contribution in [0.15, 0.2) is 0 Å². The Morgan fingerprint density at radius 1 is 1.61 bits per heavy atom. The van der Waals surface area contributed by atoms with Gasteiger partial charge < -0.3 is 9.84 Å². The molecule has 0 aromatic carbocycles. The van der Waals surface area contributed by atoms with Crippen molar-refractivity contribution in [2.24, 2.45) is 5.92 Å². The molecule has 1 saturated carbocycles. The summed E-state index contributed by atoms with van der Waals surface area (Å²) in [6.07, 6.45) is 1.98. The third-order valence-electron chi connectivity index (χ3n) is 3.41. The monoisotopic (exact) mass is 254 g/mol. The number of carboxylic acid groups (broad SMARTS) is 1. The van der Waals surface area contributed by atoms with Crippen LogP contribution in [0.4, 0.5) is 0 Å². The van der Waals surface area contributed by atoms with Gasteiger partial charge in [0.2, 0.25) is 0 Å². The van der Waals surface area contributed by atoms with Gasteiger partial charge in [-0.15, -0.1) is 5.10 Å². The van der Waals surface area contributed by atoms with E-state index in [2.05, 4.69) is 22.4 Å². The van der Waals surface area contributed by atoms with Crippen LogP contribution in [0.5, 0.6) is 0 Å². The first kappa shape index (κ1) is 12.9. The van der Waals surface area contributed by atoms with E-state index in [0.29, 0.717) is 18.4 Å². The largest absolute Gasteiger partial charge is 0.481 e. The molecule has 1 N–H and O–H groups in total.